The maximum Gasteiger partial charge on any atom is 0.204 e. The fourth-order valence-electron chi connectivity index (χ4n) is 3.77. The Labute approximate surface area is 182 Å². The van der Waals surface area contributed by atoms with Crippen molar-refractivity contribution >= 4 is 22.1 Å². The van der Waals surface area contributed by atoms with E-state index in [0.717, 1.165) is 17.1 Å². The Bertz CT molecular complexity index is 1210. The summed E-state index contributed by atoms with van der Waals surface area (Å²) in [6.45, 7) is 4.55. The van der Waals surface area contributed by atoms with Gasteiger partial charge in [0.15, 0.2) is 15.7 Å². The van der Waals surface area contributed by atoms with Gasteiger partial charge in [-0.25, -0.2) is 13.1 Å². The fraction of sp³-hybridized carbons (Fsp3) is 0.364. The Morgan fingerprint density at radius 3 is 2.23 bits per heavy atom. The summed E-state index contributed by atoms with van der Waals surface area (Å²) in [7, 11) is -1.01. The molecule has 2 aromatic carbocycles. The van der Waals surface area contributed by atoms with E-state index in [1.807, 2.05) is 28.6 Å². The van der Waals surface area contributed by atoms with Gasteiger partial charge in [-0.3, -0.25) is 9.47 Å². The minimum Gasteiger partial charge on any atom is -0.283 e. The third kappa shape index (κ3) is 4.26. The fourth-order valence-corrected chi connectivity index (χ4v) is 5.86. The van der Waals surface area contributed by atoms with Gasteiger partial charge < -0.3 is 0 Å². The van der Waals surface area contributed by atoms with Crippen molar-refractivity contribution in [2.24, 2.45) is 0 Å². The van der Waals surface area contributed by atoms with Crippen LogP contribution in [0, 0.1) is 18.6 Å². The van der Waals surface area contributed by atoms with Gasteiger partial charge in [-0.1, -0.05) is 47.5 Å². The third-order valence-electron chi connectivity index (χ3n) is 5.63. The number of hydrogen-bond donors (Lipinski definition) is 0. The van der Waals surface area contributed by atoms with E-state index in [-0.39, 0.29) is 17.5 Å². The van der Waals surface area contributed by atoms with E-state index in [1.54, 1.807) is 4.68 Å². The Hall–Kier alpha value is -2.29. The standard InChI is InChI=1S/C22H26N4O2S2/c1-16-4-8-18(9-5-16)21-23-25(15-24(3)20-12-13-30(27,28)14-20)22(29)26(21)19-10-6-17(2)7-11-19/h4-11,20H,12-15H2,1-3H3/t20-/m0/s1. The zero-order chi connectivity index (χ0) is 21.5. The average molecular weight is 443 g/mol. The second-order valence-corrected chi connectivity index (χ2v) is 10.7. The normalized spacial score (nSPS) is 18.2. The molecule has 1 aromatic heterocycles. The molecule has 3 aromatic rings. The summed E-state index contributed by atoms with van der Waals surface area (Å²) < 4.78 is 28.1. The second kappa shape index (κ2) is 8.09. The lowest BCUT2D eigenvalue weighted by Gasteiger charge is -2.22. The third-order valence-corrected chi connectivity index (χ3v) is 7.77. The van der Waals surface area contributed by atoms with Crippen LogP contribution >= 0.6 is 12.2 Å². The molecule has 0 unspecified atom stereocenters. The molecule has 30 heavy (non-hydrogen) atoms. The Kier molecular flexibility index (Phi) is 5.65. The molecule has 0 N–H and O–H groups in total. The minimum absolute atomic E-state index is 0.00995. The van der Waals surface area contributed by atoms with Crippen molar-refractivity contribution in [2.75, 3.05) is 18.6 Å². The summed E-state index contributed by atoms with van der Waals surface area (Å²) in [6.07, 6.45) is 0.648. The van der Waals surface area contributed by atoms with Crippen molar-refractivity contribution in [1.29, 1.82) is 0 Å². The Morgan fingerprint density at radius 2 is 1.67 bits per heavy atom. The molecule has 0 radical (unpaired) electrons. The molecule has 1 atom stereocenters. The first-order valence-corrected chi connectivity index (χ1v) is 12.2. The van der Waals surface area contributed by atoms with Crippen molar-refractivity contribution in [3.05, 3.63) is 64.4 Å². The molecule has 0 amide bonds. The van der Waals surface area contributed by atoms with E-state index in [9.17, 15) is 8.42 Å². The van der Waals surface area contributed by atoms with Crippen LogP contribution in [0.4, 0.5) is 0 Å². The van der Waals surface area contributed by atoms with Crippen LogP contribution in [-0.2, 0) is 16.5 Å². The van der Waals surface area contributed by atoms with Crippen LogP contribution in [0.2, 0.25) is 0 Å². The minimum atomic E-state index is -2.94. The lowest BCUT2D eigenvalue weighted by molar-refractivity contribution is 0.196. The highest BCUT2D eigenvalue weighted by molar-refractivity contribution is 7.91. The summed E-state index contributed by atoms with van der Waals surface area (Å²) >= 11 is 5.81. The zero-order valence-corrected chi connectivity index (χ0v) is 19.1. The van der Waals surface area contributed by atoms with Gasteiger partial charge in [0, 0.05) is 17.3 Å². The zero-order valence-electron chi connectivity index (χ0n) is 17.4. The highest BCUT2D eigenvalue weighted by Gasteiger charge is 2.31. The first-order chi connectivity index (χ1) is 14.2. The molecule has 1 fully saturated rings. The smallest absolute Gasteiger partial charge is 0.204 e. The summed E-state index contributed by atoms with van der Waals surface area (Å²) in [4.78, 5) is 2.03. The number of nitrogens with zero attached hydrogens (tertiary/aromatic N) is 4. The number of hydrogen-bond acceptors (Lipinski definition) is 5. The number of rotatable bonds is 5. The molecule has 0 saturated carbocycles. The van der Waals surface area contributed by atoms with Crippen molar-refractivity contribution in [3.8, 4) is 17.1 Å². The lowest BCUT2D eigenvalue weighted by atomic mass is 10.1. The molecular weight excluding hydrogens is 416 g/mol. The molecule has 1 saturated heterocycles. The number of aromatic nitrogens is 3. The van der Waals surface area contributed by atoms with E-state index in [4.69, 9.17) is 17.3 Å². The molecule has 4 rings (SSSR count). The van der Waals surface area contributed by atoms with E-state index in [1.165, 1.54) is 11.1 Å². The van der Waals surface area contributed by atoms with Gasteiger partial charge in [-0.15, -0.1) is 5.10 Å². The SMILES string of the molecule is Cc1ccc(-c2nn(CN(C)[C@H]3CCS(=O)(=O)C3)c(=S)n2-c2ccc(C)cc2)cc1. The van der Waals surface area contributed by atoms with Crippen molar-refractivity contribution in [1.82, 2.24) is 19.2 Å². The van der Waals surface area contributed by atoms with Crippen LogP contribution < -0.4 is 0 Å². The van der Waals surface area contributed by atoms with E-state index >= 15 is 0 Å². The molecule has 8 heteroatoms. The van der Waals surface area contributed by atoms with Crippen molar-refractivity contribution in [3.63, 3.8) is 0 Å². The molecule has 2 heterocycles. The molecular formula is C22H26N4O2S2. The maximum atomic E-state index is 11.9. The predicted molar refractivity (Wildman–Crippen MR) is 122 cm³/mol. The van der Waals surface area contributed by atoms with Crippen LogP contribution in [0.15, 0.2) is 48.5 Å². The number of sulfone groups is 1. The predicted octanol–water partition coefficient (Wildman–Crippen LogP) is 3.76. The molecule has 6 nitrogen and oxygen atoms in total. The molecule has 0 aliphatic carbocycles. The highest BCUT2D eigenvalue weighted by atomic mass is 32.2. The summed E-state index contributed by atoms with van der Waals surface area (Å²) in [5.41, 5.74) is 4.30. The Morgan fingerprint density at radius 1 is 1.07 bits per heavy atom. The van der Waals surface area contributed by atoms with Crippen molar-refractivity contribution in [2.45, 2.75) is 33.0 Å². The highest BCUT2D eigenvalue weighted by Crippen LogP contribution is 2.24. The van der Waals surface area contributed by atoms with E-state index < -0.39 is 9.84 Å². The molecule has 0 bridgehead atoms. The lowest BCUT2D eigenvalue weighted by Crippen LogP contribution is -2.34. The van der Waals surface area contributed by atoms with Gasteiger partial charge in [0.2, 0.25) is 4.77 Å². The van der Waals surface area contributed by atoms with Gasteiger partial charge in [-0.05, 0) is 51.7 Å². The van der Waals surface area contributed by atoms with Crippen LogP contribution in [0.25, 0.3) is 17.1 Å². The van der Waals surface area contributed by atoms with Crippen LogP contribution in [-0.4, -0.2) is 52.3 Å². The first kappa shape index (κ1) is 21.0. The van der Waals surface area contributed by atoms with E-state index in [0.29, 0.717) is 17.9 Å². The molecule has 1 aliphatic heterocycles. The first-order valence-electron chi connectivity index (χ1n) is 9.98. The average Bonchev–Trinajstić information content (AvgIpc) is 3.23. The monoisotopic (exact) mass is 442 g/mol. The largest absolute Gasteiger partial charge is 0.283 e. The quantitative estimate of drug-likeness (QED) is 0.563. The van der Waals surface area contributed by atoms with Gasteiger partial charge in [0.25, 0.3) is 0 Å². The topological polar surface area (TPSA) is 60.1 Å². The maximum absolute atomic E-state index is 11.9. The molecule has 1 aliphatic rings. The second-order valence-electron chi connectivity index (χ2n) is 8.10. The van der Waals surface area contributed by atoms with E-state index in [2.05, 4.69) is 50.2 Å². The van der Waals surface area contributed by atoms with Gasteiger partial charge in [-0.2, -0.15) is 0 Å². The summed E-state index contributed by atoms with van der Waals surface area (Å²) in [5, 5.41) is 4.84. The number of benzene rings is 2. The van der Waals surface area contributed by atoms with Crippen LogP contribution in [0.5, 0.6) is 0 Å². The molecule has 158 valence electrons. The summed E-state index contributed by atoms with van der Waals surface area (Å²) in [5.74, 6) is 1.22. The number of aryl methyl sites for hydroxylation is 2. The van der Waals surface area contributed by atoms with Crippen LogP contribution in [0.3, 0.4) is 0 Å². The van der Waals surface area contributed by atoms with Gasteiger partial charge in [0.05, 0.1) is 18.2 Å². The van der Waals surface area contributed by atoms with Gasteiger partial charge >= 0.3 is 0 Å². The molecule has 0 spiro atoms. The summed E-state index contributed by atoms with van der Waals surface area (Å²) in [6, 6.07) is 16.4. The van der Waals surface area contributed by atoms with Gasteiger partial charge in [0.1, 0.15) is 0 Å². The Balaban J connectivity index is 1.75. The van der Waals surface area contributed by atoms with Crippen molar-refractivity contribution < 1.29 is 8.42 Å². The van der Waals surface area contributed by atoms with Crippen LogP contribution in [0.1, 0.15) is 17.5 Å².